The molecule has 1 rings (SSSR count). The highest BCUT2D eigenvalue weighted by Gasteiger charge is 2.24. The SMILES string of the molecule is CS(=O)(=O)CCNC(=O)C(=O)N1CCCC1. The summed E-state index contributed by atoms with van der Waals surface area (Å²) in [5, 5.41) is 2.31. The fraction of sp³-hybridized carbons (Fsp3) is 0.778. The van der Waals surface area contributed by atoms with Crippen LogP contribution in [0.2, 0.25) is 0 Å². The van der Waals surface area contributed by atoms with Gasteiger partial charge in [-0.1, -0.05) is 0 Å². The van der Waals surface area contributed by atoms with E-state index in [1.165, 1.54) is 4.90 Å². The van der Waals surface area contributed by atoms with E-state index in [2.05, 4.69) is 5.32 Å². The fourth-order valence-corrected chi connectivity index (χ4v) is 1.96. The molecule has 1 heterocycles. The van der Waals surface area contributed by atoms with Crippen molar-refractivity contribution in [3.63, 3.8) is 0 Å². The predicted octanol–water partition coefficient (Wildman–Crippen LogP) is -1.23. The number of rotatable bonds is 3. The van der Waals surface area contributed by atoms with Crippen LogP contribution in [0.15, 0.2) is 0 Å². The summed E-state index contributed by atoms with van der Waals surface area (Å²) < 4.78 is 21.6. The molecule has 1 aliphatic rings. The summed E-state index contributed by atoms with van der Waals surface area (Å²) in [6, 6.07) is 0. The highest BCUT2D eigenvalue weighted by Crippen LogP contribution is 2.06. The Hall–Kier alpha value is -1.11. The molecule has 0 aromatic heterocycles. The first-order chi connectivity index (χ1) is 7.40. The smallest absolute Gasteiger partial charge is 0.311 e. The highest BCUT2D eigenvalue weighted by molar-refractivity contribution is 7.90. The highest BCUT2D eigenvalue weighted by atomic mass is 32.2. The molecule has 0 bridgehead atoms. The Labute approximate surface area is 94.9 Å². The van der Waals surface area contributed by atoms with Crippen LogP contribution in [0.3, 0.4) is 0 Å². The van der Waals surface area contributed by atoms with Crippen LogP contribution in [0, 0.1) is 0 Å². The van der Waals surface area contributed by atoms with E-state index < -0.39 is 21.7 Å². The van der Waals surface area contributed by atoms with Crippen molar-refractivity contribution in [1.29, 1.82) is 0 Å². The molecule has 1 aliphatic heterocycles. The molecule has 0 aromatic rings. The first kappa shape index (κ1) is 13.0. The Morgan fingerprint density at radius 2 is 1.81 bits per heavy atom. The van der Waals surface area contributed by atoms with Gasteiger partial charge in [0.05, 0.1) is 5.75 Å². The number of amides is 2. The van der Waals surface area contributed by atoms with Crippen molar-refractivity contribution in [2.45, 2.75) is 12.8 Å². The molecule has 0 radical (unpaired) electrons. The van der Waals surface area contributed by atoms with E-state index in [1.54, 1.807) is 0 Å². The average molecular weight is 248 g/mol. The van der Waals surface area contributed by atoms with E-state index in [4.69, 9.17) is 0 Å². The number of likely N-dealkylation sites (tertiary alicyclic amines) is 1. The van der Waals surface area contributed by atoms with Crippen LogP contribution < -0.4 is 5.32 Å². The molecule has 16 heavy (non-hydrogen) atoms. The second-order valence-corrected chi connectivity index (χ2v) is 6.14. The first-order valence-corrected chi connectivity index (χ1v) is 7.21. The molecule has 1 N–H and O–H groups in total. The maximum atomic E-state index is 11.5. The molecular formula is C9H16N2O4S. The monoisotopic (exact) mass is 248 g/mol. The second-order valence-electron chi connectivity index (χ2n) is 3.89. The van der Waals surface area contributed by atoms with Crippen LogP contribution in [0.25, 0.3) is 0 Å². The van der Waals surface area contributed by atoms with Crippen molar-refractivity contribution in [2.24, 2.45) is 0 Å². The summed E-state index contributed by atoms with van der Waals surface area (Å²) in [7, 11) is -3.10. The van der Waals surface area contributed by atoms with Gasteiger partial charge >= 0.3 is 11.8 Å². The predicted molar refractivity (Wildman–Crippen MR) is 58.5 cm³/mol. The summed E-state index contributed by atoms with van der Waals surface area (Å²) in [4.78, 5) is 24.3. The van der Waals surface area contributed by atoms with Gasteiger partial charge in [0.2, 0.25) is 0 Å². The zero-order valence-electron chi connectivity index (χ0n) is 9.23. The number of nitrogens with one attached hydrogen (secondary N) is 1. The van der Waals surface area contributed by atoms with Gasteiger partial charge in [-0.2, -0.15) is 0 Å². The van der Waals surface area contributed by atoms with Gasteiger partial charge in [-0.15, -0.1) is 0 Å². The molecule has 0 aliphatic carbocycles. The molecule has 0 unspecified atom stereocenters. The van der Waals surface area contributed by atoms with E-state index in [1.807, 2.05) is 0 Å². The molecule has 0 aromatic carbocycles. The van der Waals surface area contributed by atoms with Crippen LogP contribution in [-0.2, 0) is 19.4 Å². The summed E-state index contributed by atoms with van der Waals surface area (Å²) in [5.74, 6) is -1.43. The molecule has 0 spiro atoms. The molecule has 0 atom stereocenters. The molecule has 1 saturated heterocycles. The Morgan fingerprint density at radius 3 is 2.31 bits per heavy atom. The van der Waals surface area contributed by atoms with Crippen LogP contribution in [0.1, 0.15) is 12.8 Å². The van der Waals surface area contributed by atoms with Crippen LogP contribution >= 0.6 is 0 Å². The van der Waals surface area contributed by atoms with E-state index in [0.717, 1.165) is 19.1 Å². The lowest BCUT2D eigenvalue weighted by Crippen LogP contribution is -2.42. The van der Waals surface area contributed by atoms with Crippen LogP contribution in [-0.4, -0.2) is 56.8 Å². The minimum absolute atomic E-state index is 0.0166. The normalized spacial score (nSPS) is 16.2. The Morgan fingerprint density at radius 1 is 1.25 bits per heavy atom. The van der Waals surface area contributed by atoms with Gasteiger partial charge in [0.15, 0.2) is 0 Å². The Bertz CT molecular complexity index is 371. The van der Waals surface area contributed by atoms with Gasteiger partial charge in [-0.3, -0.25) is 9.59 Å². The minimum Gasteiger partial charge on any atom is -0.347 e. The number of carbonyl (C=O) groups excluding carboxylic acids is 2. The van der Waals surface area contributed by atoms with E-state index in [9.17, 15) is 18.0 Å². The summed E-state index contributed by atoms with van der Waals surface area (Å²) in [6.45, 7) is 1.20. The van der Waals surface area contributed by atoms with Crippen molar-refractivity contribution >= 4 is 21.7 Å². The average Bonchev–Trinajstić information content (AvgIpc) is 2.67. The third-order valence-corrected chi connectivity index (χ3v) is 3.29. The van der Waals surface area contributed by atoms with Gasteiger partial charge in [0.1, 0.15) is 9.84 Å². The van der Waals surface area contributed by atoms with Crippen LogP contribution in [0.4, 0.5) is 0 Å². The lowest BCUT2D eigenvalue weighted by atomic mass is 10.4. The maximum absolute atomic E-state index is 11.5. The number of nitrogens with zero attached hydrogens (tertiary/aromatic N) is 1. The summed E-state index contributed by atoms with van der Waals surface area (Å²) >= 11 is 0. The molecule has 7 heteroatoms. The van der Waals surface area contributed by atoms with Crippen molar-refractivity contribution in [3.05, 3.63) is 0 Å². The summed E-state index contributed by atoms with van der Waals surface area (Å²) in [5.41, 5.74) is 0. The molecule has 1 fully saturated rings. The molecule has 6 nitrogen and oxygen atoms in total. The molecule has 0 saturated carbocycles. The van der Waals surface area contributed by atoms with Crippen molar-refractivity contribution in [1.82, 2.24) is 10.2 Å². The van der Waals surface area contributed by atoms with Gasteiger partial charge in [-0.05, 0) is 12.8 Å². The van der Waals surface area contributed by atoms with Crippen molar-refractivity contribution in [2.75, 3.05) is 31.6 Å². The number of hydrogen-bond donors (Lipinski definition) is 1. The zero-order chi connectivity index (χ0) is 12.2. The third kappa shape index (κ3) is 4.18. The molecular weight excluding hydrogens is 232 g/mol. The second kappa shape index (κ2) is 5.29. The topological polar surface area (TPSA) is 83.5 Å². The van der Waals surface area contributed by atoms with Gasteiger partial charge in [0.25, 0.3) is 0 Å². The van der Waals surface area contributed by atoms with E-state index in [-0.39, 0.29) is 12.3 Å². The van der Waals surface area contributed by atoms with Gasteiger partial charge in [-0.25, -0.2) is 8.42 Å². The van der Waals surface area contributed by atoms with Crippen molar-refractivity contribution < 1.29 is 18.0 Å². The summed E-state index contributed by atoms with van der Waals surface area (Å²) in [6.07, 6.45) is 2.92. The van der Waals surface area contributed by atoms with Gasteiger partial charge in [0, 0.05) is 25.9 Å². The largest absolute Gasteiger partial charge is 0.347 e. The standard InChI is InChI=1S/C9H16N2O4S/c1-16(14,15)7-4-10-8(12)9(13)11-5-2-3-6-11/h2-7H2,1H3,(H,10,12). The lowest BCUT2D eigenvalue weighted by Gasteiger charge is -2.14. The quantitative estimate of drug-likeness (QED) is 0.634. The third-order valence-electron chi connectivity index (χ3n) is 2.35. The first-order valence-electron chi connectivity index (χ1n) is 5.15. The molecule has 2 amide bonds. The maximum Gasteiger partial charge on any atom is 0.311 e. The minimum atomic E-state index is -3.10. The number of carbonyl (C=O) groups is 2. The Balaban J connectivity index is 2.32. The fourth-order valence-electron chi connectivity index (χ4n) is 1.49. The lowest BCUT2D eigenvalue weighted by molar-refractivity contribution is -0.145. The Kier molecular flexibility index (Phi) is 4.28. The van der Waals surface area contributed by atoms with E-state index in [0.29, 0.717) is 13.1 Å². The van der Waals surface area contributed by atoms with E-state index >= 15 is 0 Å². The number of hydrogen-bond acceptors (Lipinski definition) is 4. The molecule has 92 valence electrons. The van der Waals surface area contributed by atoms with Crippen LogP contribution in [0.5, 0.6) is 0 Å². The van der Waals surface area contributed by atoms with Gasteiger partial charge < -0.3 is 10.2 Å². The van der Waals surface area contributed by atoms with Crippen molar-refractivity contribution in [3.8, 4) is 0 Å². The zero-order valence-corrected chi connectivity index (χ0v) is 10.0. The number of sulfone groups is 1.